The Hall–Kier alpha value is -1.89. The van der Waals surface area contributed by atoms with Crippen molar-refractivity contribution in [2.45, 2.75) is 10.8 Å². The fourth-order valence-corrected chi connectivity index (χ4v) is 4.94. The Morgan fingerprint density at radius 2 is 1.65 bits per heavy atom. The van der Waals surface area contributed by atoms with Crippen molar-refractivity contribution in [3.63, 3.8) is 0 Å². The highest BCUT2D eigenvalue weighted by molar-refractivity contribution is 7.92. The maximum Gasteiger partial charge on any atom is 0.277 e. The number of thiophene rings is 1. The molecule has 1 aromatic carbocycles. The third-order valence-corrected chi connectivity index (χ3v) is 6.68. The Bertz CT molecular complexity index is 877. The van der Waals surface area contributed by atoms with Crippen molar-refractivity contribution in [3.05, 3.63) is 66.5 Å². The van der Waals surface area contributed by atoms with Crippen molar-refractivity contribution >= 4 is 21.4 Å². The van der Waals surface area contributed by atoms with Gasteiger partial charge in [0, 0.05) is 23.8 Å². The van der Waals surface area contributed by atoms with E-state index in [4.69, 9.17) is 0 Å². The van der Waals surface area contributed by atoms with Crippen LogP contribution in [0.4, 0.5) is 0 Å². The molecule has 0 aliphatic rings. The molecule has 6 heteroatoms. The number of hydrogen-bond acceptors (Lipinski definition) is 4. The molecule has 2 aromatic heterocycles. The molecule has 0 saturated heterocycles. The molecular weight excluding hydrogens is 328 g/mol. The zero-order valence-electron chi connectivity index (χ0n) is 13.0. The molecule has 0 bridgehead atoms. The first-order valence-corrected chi connectivity index (χ1v) is 9.45. The summed E-state index contributed by atoms with van der Waals surface area (Å²) in [5, 5.41) is 0. The maximum atomic E-state index is 12.5. The Labute approximate surface area is 140 Å². The molecule has 2 heterocycles. The van der Waals surface area contributed by atoms with E-state index in [0.29, 0.717) is 4.21 Å². The van der Waals surface area contributed by atoms with Crippen LogP contribution in [0.2, 0.25) is 0 Å². The van der Waals surface area contributed by atoms with E-state index >= 15 is 0 Å². The van der Waals surface area contributed by atoms with Crippen LogP contribution >= 0.6 is 11.3 Å². The third kappa shape index (κ3) is 3.39. The van der Waals surface area contributed by atoms with Crippen molar-refractivity contribution in [2.75, 3.05) is 14.1 Å². The van der Waals surface area contributed by atoms with Gasteiger partial charge in [0.25, 0.3) is 10.0 Å². The molecule has 0 spiro atoms. The van der Waals surface area contributed by atoms with Crippen LogP contribution in [0, 0.1) is 0 Å². The minimum Gasteiger partial charge on any atom is -0.305 e. The number of hydrogen-bond donors (Lipinski definition) is 0. The molecule has 0 aliphatic carbocycles. The SMILES string of the molecule is CN(C)Cc1ccc(-c2ccc(S(=O)(=O)n3cccc3)s2)cc1. The van der Waals surface area contributed by atoms with Crippen molar-refractivity contribution in [1.82, 2.24) is 8.87 Å². The third-order valence-electron chi connectivity index (χ3n) is 3.43. The van der Waals surface area contributed by atoms with Crippen molar-refractivity contribution in [2.24, 2.45) is 0 Å². The number of benzene rings is 1. The van der Waals surface area contributed by atoms with Crippen LogP contribution < -0.4 is 0 Å². The van der Waals surface area contributed by atoms with Gasteiger partial charge in [0.15, 0.2) is 0 Å². The van der Waals surface area contributed by atoms with Crippen LogP contribution in [0.15, 0.2) is 65.1 Å². The van der Waals surface area contributed by atoms with Crippen molar-refractivity contribution < 1.29 is 8.42 Å². The first-order valence-electron chi connectivity index (χ1n) is 7.19. The van der Waals surface area contributed by atoms with Crippen LogP contribution in [0.1, 0.15) is 5.56 Å². The predicted molar refractivity (Wildman–Crippen MR) is 94.2 cm³/mol. The second-order valence-electron chi connectivity index (χ2n) is 5.57. The van der Waals surface area contributed by atoms with Crippen molar-refractivity contribution in [3.8, 4) is 10.4 Å². The molecule has 3 aromatic rings. The zero-order chi connectivity index (χ0) is 16.4. The molecule has 120 valence electrons. The van der Waals surface area contributed by atoms with Gasteiger partial charge in [-0.3, -0.25) is 0 Å². The van der Waals surface area contributed by atoms with Crippen LogP contribution in [0.25, 0.3) is 10.4 Å². The van der Waals surface area contributed by atoms with E-state index in [1.165, 1.54) is 20.9 Å². The first kappa shape index (κ1) is 16.0. The van der Waals surface area contributed by atoms with Crippen LogP contribution in [0.5, 0.6) is 0 Å². The van der Waals surface area contributed by atoms with E-state index in [1.807, 2.05) is 32.3 Å². The van der Waals surface area contributed by atoms with E-state index < -0.39 is 10.0 Å². The van der Waals surface area contributed by atoms with Gasteiger partial charge >= 0.3 is 0 Å². The molecule has 0 N–H and O–H groups in total. The molecule has 23 heavy (non-hydrogen) atoms. The Morgan fingerprint density at radius 3 is 2.26 bits per heavy atom. The minimum absolute atomic E-state index is 0.348. The van der Waals surface area contributed by atoms with Crippen LogP contribution in [-0.2, 0) is 16.6 Å². The lowest BCUT2D eigenvalue weighted by atomic mass is 10.1. The summed E-state index contributed by atoms with van der Waals surface area (Å²) in [5.74, 6) is 0. The van der Waals surface area contributed by atoms with E-state index in [9.17, 15) is 8.42 Å². The molecule has 0 radical (unpaired) electrons. The summed E-state index contributed by atoms with van der Waals surface area (Å²) in [6.07, 6.45) is 3.09. The largest absolute Gasteiger partial charge is 0.305 e. The Kier molecular flexibility index (Phi) is 4.39. The maximum absolute atomic E-state index is 12.5. The second-order valence-corrected chi connectivity index (χ2v) is 8.73. The summed E-state index contributed by atoms with van der Waals surface area (Å²) in [6.45, 7) is 0.887. The Balaban J connectivity index is 1.88. The Morgan fingerprint density at radius 1 is 1.00 bits per heavy atom. The van der Waals surface area contributed by atoms with E-state index in [-0.39, 0.29) is 0 Å². The number of rotatable bonds is 5. The standard InChI is InChI=1S/C17H18N2O2S2/c1-18(2)13-14-5-7-15(8-6-14)16-9-10-17(22-16)23(20,21)19-11-3-4-12-19/h3-12H,13H2,1-2H3. The fraction of sp³-hybridized carbons (Fsp3) is 0.176. The average Bonchev–Trinajstić information content (AvgIpc) is 3.20. The monoisotopic (exact) mass is 346 g/mol. The second kappa shape index (κ2) is 6.31. The van der Waals surface area contributed by atoms with Gasteiger partial charge in [-0.25, -0.2) is 3.97 Å². The molecule has 0 aliphatic heterocycles. The predicted octanol–water partition coefficient (Wildman–Crippen LogP) is 3.52. The average molecular weight is 346 g/mol. The number of aromatic nitrogens is 1. The topological polar surface area (TPSA) is 42.3 Å². The van der Waals surface area contributed by atoms with E-state index in [2.05, 4.69) is 17.0 Å². The summed E-state index contributed by atoms with van der Waals surface area (Å²) >= 11 is 1.29. The molecule has 0 amide bonds. The summed E-state index contributed by atoms with van der Waals surface area (Å²) in [6, 6.07) is 15.2. The van der Waals surface area contributed by atoms with Gasteiger partial charge < -0.3 is 4.90 Å². The highest BCUT2D eigenvalue weighted by atomic mass is 32.2. The molecule has 0 fully saturated rings. The van der Waals surface area contributed by atoms with Gasteiger partial charge in [-0.15, -0.1) is 11.3 Å². The fourth-order valence-electron chi connectivity index (χ4n) is 2.34. The van der Waals surface area contributed by atoms with Crippen LogP contribution in [0.3, 0.4) is 0 Å². The van der Waals surface area contributed by atoms with Gasteiger partial charge in [0.1, 0.15) is 4.21 Å². The lowest BCUT2D eigenvalue weighted by Crippen LogP contribution is -2.10. The quantitative estimate of drug-likeness (QED) is 0.710. The molecule has 0 unspecified atom stereocenters. The smallest absolute Gasteiger partial charge is 0.277 e. The highest BCUT2D eigenvalue weighted by Gasteiger charge is 2.18. The van der Waals surface area contributed by atoms with Crippen LogP contribution in [-0.4, -0.2) is 31.4 Å². The van der Waals surface area contributed by atoms with Gasteiger partial charge in [-0.05, 0) is 49.5 Å². The van der Waals surface area contributed by atoms with Gasteiger partial charge in [0.05, 0.1) is 0 Å². The molecular formula is C17H18N2O2S2. The first-order chi connectivity index (χ1) is 11.0. The summed E-state index contributed by atoms with van der Waals surface area (Å²) < 4.78 is 26.6. The van der Waals surface area contributed by atoms with Gasteiger partial charge in [-0.1, -0.05) is 24.3 Å². The van der Waals surface area contributed by atoms with Gasteiger partial charge in [0.2, 0.25) is 0 Å². The molecule has 0 atom stereocenters. The van der Waals surface area contributed by atoms with E-state index in [0.717, 1.165) is 17.0 Å². The summed E-state index contributed by atoms with van der Waals surface area (Å²) in [5.41, 5.74) is 2.27. The highest BCUT2D eigenvalue weighted by Crippen LogP contribution is 2.32. The molecule has 3 rings (SSSR count). The molecule has 4 nitrogen and oxygen atoms in total. The lowest BCUT2D eigenvalue weighted by molar-refractivity contribution is 0.402. The van der Waals surface area contributed by atoms with Crippen molar-refractivity contribution in [1.29, 1.82) is 0 Å². The minimum atomic E-state index is -3.48. The summed E-state index contributed by atoms with van der Waals surface area (Å²) in [7, 11) is 0.588. The number of nitrogens with zero attached hydrogens (tertiary/aromatic N) is 2. The van der Waals surface area contributed by atoms with Gasteiger partial charge in [-0.2, -0.15) is 8.42 Å². The van der Waals surface area contributed by atoms with E-state index in [1.54, 1.807) is 30.6 Å². The zero-order valence-corrected chi connectivity index (χ0v) is 14.6. The molecule has 0 saturated carbocycles. The normalized spacial score (nSPS) is 12.0. The summed E-state index contributed by atoms with van der Waals surface area (Å²) in [4.78, 5) is 3.06. The lowest BCUT2D eigenvalue weighted by Gasteiger charge is -2.09.